The maximum atomic E-state index is 11.2. The molecule has 0 spiro atoms. The molecule has 1 aromatic heterocycles. The summed E-state index contributed by atoms with van der Waals surface area (Å²) >= 11 is 6.05. The van der Waals surface area contributed by atoms with E-state index in [1.54, 1.807) is 11.7 Å². The summed E-state index contributed by atoms with van der Waals surface area (Å²) in [5.41, 5.74) is 6.81. The first kappa shape index (κ1) is 11.2. The van der Waals surface area contributed by atoms with Crippen LogP contribution in [0.15, 0.2) is 0 Å². The number of carbonyl (C=O) groups is 1. The normalized spacial score (nSPS) is 10.6. The smallest absolute Gasteiger partial charge is 0.152 e. The minimum absolute atomic E-state index is 0.0300. The number of hydrogen-bond acceptors (Lipinski definition) is 3. The molecule has 4 nitrogen and oxygen atoms in total. The molecule has 0 saturated heterocycles. The van der Waals surface area contributed by atoms with Crippen LogP contribution >= 0.6 is 11.6 Å². The molecule has 0 unspecified atom stereocenters. The summed E-state index contributed by atoms with van der Waals surface area (Å²) in [4.78, 5) is 11.2. The van der Waals surface area contributed by atoms with Gasteiger partial charge in [0.15, 0.2) is 5.78 Å². The molecule has 0 amide bonds. The standard InChI is InChI=1S/C9H14ClN3O/c1-3-7-9(10)8(13(2)12-7)4-6(14)5-11/h3-5,11H2,1-2H3. The van der Waals surface area contributed by atoms with E-state index in [2.05, 4.69) is 5.10 Å². The van der Waals surface area contributed by atoms with Gasteiger partial charge in [0.2, 0.25) is 0 Å². The number of halogens is 1. The fraction of sp³-hybridized carbons (Fsp3) is 0.556. The number of ketones is 1. The third-order valence-corrected chi connectivity index (χ3v) is 2.53. The third kappa shape index (κ3) is 2.13. The highest BCUT2D eigenvalue weighted by Crippen LogP contribution is 2.21. The summed E-state index contributed by atoms with van der Waals surface area (Å²) in [6.07, 6.45) is 1.03. The Morgan fingerprint density at radius 1 is 1.64 bits per heavy atom. The van der Waals surface area contributed by atoms with E-state index in [1.165, 1.54) is 0 Å². The Hall–Kier alpha value is -0.870. The van der Waals surface area contributed by atoms with Gasteiger partial charge in [0.25, 0.3) is 0 Å². The van der Waals surface area contributed by atoms with Gasteiger partial charge >= 0.3 is 0 Å². The topological polar surface area (TPSA) is 60.9 Å². The molecule has 78 valence electrons. The van der Waals surface area contributed by atoms with Gasteiger partial charge in [0.1, 0.15) is 0 Å². The van der Waals surface area contributed by atoms with E-state index in [0.29, 0.717) is 5.02 Å². The van der Waals surface area contributed by atoms with Crippen LogP contribution in [0.25, 0.3) is 0 Å². The van der Waals surface area contributed by atoms with Crippen molar-refractivity contribution in [2.75, 3.05) is 6.54 Å². The molecule has 1 rings (SSSR count). The van der Waals surface area contributed by atoms with Crippen molar-refractivity contribution in [3.05, 3.63) is 16.4 Å². The first-order chi connectivity index (χ1) is 6.60. The molecule has 14 heavy (non-hydrogen) atoms. The third-order valence-electron chi connectivity index (χ3n) is 2.10. The Balaban J connectivity index is 2.96. The zero-order valence-corrected chi connectivity index (χ0v) is 9.14. The number of hydrogen-bond donors (Lipinski definition) is 1. The minimum atomic E-state index is -0.0300. The highest BCUT2D eigenvalue weighted by atomic mass is 35.5. The largest absolute Gasteiger partial charge is 0.324 e. The molecule has 1 heterocycles. The fourth-order valence-corrected chi connectivity index (χ4v) is 1.63. The van der Waals surface area contributed by atoms with Gasteiger partial charge in [-0.3, -0.25) is 9.48 Å². The van der Waals surface area contributed by atoms with Crippen LogP contribution in [0.3, 0.4) is 0 Å². The van der Waals surface area contributed by atoms with Gasteiger partial charge in [-0.1, -0.05) is 18.5 Å². The van der Waals surface area contributed by atoms with E-state index in [9.17, 15) is 4.79 Å². The number of aryl methyl sites for hydroxylation is 2. The number of Topliss-reactive ketones (excluding diaryl/α,β-unsaturated/α-hetero) is 1. The lowest BCUT2D eigenvalue weighted by molar-refractivity contribution is -0.117. The van der Waals surface area contributed by atoms with Crippen LogP contribution in [0.5, 0.6) is 0 Å². The molecule has 0 aliphatic carbocycles. The second kappa shape index (κ2) is 4.57. The molecule has 0 radical (unpaired) electrons. The van der Waals surface area contributed by atoms with Crippen molar-refractivity contribution in [1.82, 2.24) is 9.78 Å². The number of nitrogens with two attached hydrogens (primary N) is 1. The molecule has 0 atom stereocenters. The fourth-order valence-electron chi connectivity index (χ4n) is 1.27. The average molecular weight is 216 g/mol. The summed E-state index contributed by atoms with van der Waals surface area (Å²) in [5, 5.41) is 4.80. The Morgan fingerprint density at radius 2 is 2.29 bits per heavy atom. The highest BCUT2D eigenvalue weighted by Gasteiger charge is 2.14. The van der Waals surface area contributed by atoms with Crippen molar-refractivity contribution in [1.29, 1.82) is 0 Å². The van der Waals surface area contributed by atoms with Crippen LogP contribution < -0.4 is 5.73 Å². The molecular formula is C9H14ClN3O. The van der Waals surface area contributed by atoms with Crippen molar-refractivity contribution in [2.45, 2.75) is 19.8 Å². The van der Waals surface area contributed by atoms with Crippen molar-refractivity contribution in [3.8, 4) is 0 Å². The van der Waals surface area contributed by atoms with Gasteiger partial charge in [-0.05, 0) is 6.42 Å². The van der Waals surface area contributed by atoms with E-state index < -0.39 is 0 Å². The van der Waals surface area contributed by atoms with Crippen LogP contribution in [0.1, 0.15) is 18.3 Å². The van der Waals surface area contributed by atoms with Crippen molar-refractivity contribution in [3.63, 3.8) is 0 Å². The van der Waals surface area contributed by atoms with Crippen LogP contribution in [-0.2, 0) is 24.7 Å². The quantitative estimate of drug-likeness (QED) is 0.805. The van der Waals surface area contributed by atoms with Crippen molar-refractivity contribution in [2.24, 2.45) is 12.8 Å². The Kier molecular flexibility index (Phi) is 3.66. The molecule has 0 aromatic carbocycles. The number of rotatable bonds is 4. The first-order valence-electron chi connectivity index (χ1n) is 4.52. The van der Waals surface area contributed by atoms with Gasteiger partial charge in [0, 0.05) is 7.05 Å². The second-order valence-corrected chi connectivity index (χ2v) is 3.48. The average Bonchev–Trinajstić information content (AvgIpc) is 2.44. The molecule has 0 bridgehead atoms. The van der Waals surface area contributed by atoms with Gasteiger partial charge in [-0.15, -0.1) is 0 Å². The Bertz CT molecular complexity index is 346. The zero-order chi connectivity index (χ0) is 10.7. The predicted molar refractivity (Wildman–Crippen MR) is 55.4 cm³/mol. The van der Waals surface area contributed by atoms with Gasteiger partial charge in [-0.2, -0.15) is 5.10 Å². The summed E-state index contributed by atoms with van der Waals surface area (Å²) in [6, 6.07) is 0. The van der Waals surface area contributed by atoms with Crippen LogP contribution in [-0.4, -0.2) is 22.1 Å². The lowest BCUT2D eigenvalue weighted by atomic mass is 10.2. The maximum Gasteiger partial charge on any atom is 0.152 e. The lowest BCUT2D eigenvalue weighted by Crippen LogP contribution is -2.17. The summed E-state index contributed by atoms with van der Waals surface area (Å²) in [5.74, 6) is -0.0300. The molecule has 2 N–H and O–H groups in total. The van der Waals surface area contributed by atoms with Crippen LogP contribution in [0.4, 0.5) is 0 Å². The van der Waals surface area contributed by atoms with E-state index in [0.717, 1.165) is 17.8 Å². The SMILES string of the molecule is CCc1nn(C)c(CC(=O)CN)c1Cl. The number of nitrogens with zero attached hydrogens (tertiary/aromatic N) is 2. The molecule has 0 fully saturated rings. The van der Waals surface area contributed by atoms with Crippen LogP contribution in [0.2, 0.25) is 5.02 Å². The van der Waals surface area contributed by atoms with E-state index in [1.807, 2.05) is 6.92 Å². The zero-order valence-electron chi connectivity index (χ0n) is 8.38. The molecule has 5 heteroatoms. The highest BCUT2D eigenvalue weighted by molar-refractivity contribution is 6.32. The molecule has 0 aliphatic rings. The number of aromatic nitrogens is 2. The van der Waals surface area contributed by atoms with E-state index >= 15 is 0 Å². The van der Waals surface area contributed by atoms with Gasteiger partial charge < -0.3 is 5.73 Å². The van der Waals surface area contributed by atoms with Gasteiger partial charge in [0.05, 0.1) is 29.4 Å². The van der Waals surface area contributed by atoms with Crippen LogP contribution in [0, 0.1) is 0 Å². The minimum Gasteiger partial charge on any atom is -0.324 e. The lowest BCUT2D eigenvalue weighted by Gasteiger charge is -1.99. The van der Waals surface area contributed by atoms with Crippen molar-refractivity contribution < 1.29 is 4.79 Å². The summed E-state index contributed by atoms with van der Waals surface area (Å²) in [6.45, 7) is 2.02. The summed E-state index contributed by atoms with van der Waals surface area (Å²) in [7, 11) is 1.78. The monoisotopic (exact) mass is 215 g/mol. The van der Waals surface area contributed by atoms with E-state index in [-0.39, 0.29) is 18.7 Å². The summed E-state index contributed by atoms with van der Waals surface area (Å²) < 4.78 is 1.65. The Labute approximate surface area is 88.0 Å². The van der Waals surface area contributed by atoms with E-state index in [4.69, 9.17) is 17.3 Å². The second-order valence-electron chi connectivity index (χ2n) is 3.10. The first-order valence-corrected chi connectivity index (χ1v) is 4.90. The number of carbonyl (C=O) groups excluding carboxylic acids is 1. The Morgan fingerprint density at radius 3 is 2.71 bits per heavy atom. The molecule has 1 aromatic rings. The predicted octanol–water partition coefficient (Wildman–Crippen LogP) is 0.706. The van der Waals surface area contributed by atoms with Crippen molar-refractivity contribution >= 4 is 17.4 Å². The molecule has 0 aliphatic heterocycles. The molecule has 0 saturated carbocycles. The van der Waals surface area contributed by atoms with Gasteiger partial charge in [-0.25, -0.2) is 0 Å². The maximum absolute atomic E-state index is 11.2. The molecular weight excluding hydrogens is 202 g/mol.